The maximum absolute atomic E-state index is 9.63. The molecule has 0 aromatic rings. The van der Waals surface area contributed by atoms with Gasteiger partial charge in [-0.15, -0.1) is 0 Å². The van der Waals surface area contributed by atoms with Gasteiger partial charge in [0.2, 0.25) is 0 Å². The van der Waals surface area contributed by atoms with Crippen LogP contribution in [-0.4, -0.2) is 49.8 Å². The lowest BCUT2D eigenvalue weighted by atomic mass is 10.0. The molecule has 0 aromatic carbocycles. The summed E-state index contributed by atoms with van der Waals surface area (Å²) in [4.78, 5) is 2.02. The Balaban J connectivity index is 1.87. The average molecular weight is 228 g/mol. The summed E-state index contributed by atoms with van der Waals surface area (Å²) in [5.74, 6) is 0.994. The van der Waals surface area contributed by atoms with Gasteiger partial charge in [-0.05, 0) is 39.4 Å². The zero-order chi connectivity index (χ0) is 11.8. The first kappa shape index (κ1) is 13.9. The van der Waals surface area contributed by atoms with Crippen molar-refractivity contribution in [2.75, 3.05) is 33.7 Å². The minimum atomic E-state index is -0.235. The standard InChI is InChI=1S/C13H28N2O/c1-15(2)11-13(16)10-14-9-5-8-12-6-3-4-7-12/h12-14,16H,3-11H2,1-2H3. The first-order valence-electron chi connectivity index (χ1n) is 6.72. The first-order valence-corrected chi connectivity index (χ1v) is 6.72. The largest absolute Gasteiger partial charge is 0.390 e. The normalized spacial score (nSPS) is 19.5. The van der Waals surface area contributed by atoms with Gasteiger partial charge in [-0.25, -0.2) is 0 Å². The van der Waals surface area contributed by atoms with E-state index in [0.29, 0.717) is 0 Å². The highest BCUT2D eigenvalue weighted by Gasteiger charge is 2.13. The molecular weight excluding hydrogens is 200 g/mol. The molecule has 96 valence electrons. The molecule has 0 saturated heterocycles. The third-order valence-electron chi connectivity index (χ3n) is 3.40. The molecule has 1 atom stereocenters. The molecule has 3 heteroatoms. The quantitative estimate of drug-likeness (QED) is 0.618. The van der Waals surface area contributed by atoms with Crippen LogP contribution in [0.15, 0.2) is 0 Å². The van der Waals surface area contributed by atoms with Crippen LogP contribution in [-0.2, 0) is 0 Å². The number of aliphatic hydroxyl groups excluding tert-OH is 1. The summed E-state index contributed by atoms with van der Waals surface area (Å²) < 4.78 is 0. The van der Waals surface area contributed by atoms with Crippen molar-refractivity contribution in [3.8, 4) is 0 Å². The van der Waals surface area contributed by atoms with Crippen LogP contribution in [0, 0.1) is 5.92 Å². The Morgan fingerprint density at radius 2 is 2.00 bits per heavy atom. The van der Waals surface area contributed by atoms with E-state index in [1.807, 2.05) is 19.0 Å². The summed E-state index contributed by atoms with van der Waals surface area (Å²) in [5, 5.41) is 13.0. The van der Waals surface area contributed by atoms with Crippen molar-refractivity contribution < 1.29 is 5.11 Å². The molecule has 1 unspecified atom stereocenters. The Morgan fingerprint density at radius 1 is 1.31 bits per heavy atom. The Morgan fingerprint density at radius 3 is 2.62 bits per heavy atom. The molecular formula is C13H28N2O. The SMILES string of the molecule is CN(C)CC(O)CNCCCC1CCCC1. The van der Waals surface area contributed by atoms with Crippen molar-refractivity contribution >= 4 is 0 Å². The fourth-order valence-corrected chi connectivity index (χ4v) is 2.57. The molecule has 1 saturated carbocycles. The monoisotopic (exact) mass is 228 g/mol. The van der Waals surface area contributed by atoms with E-state index in [1.54, 1.807) is 0 Å². The molecule has 16 heavy (non-hydrogen) atoms. The molecule has 2 N–H and O–H groups in total. The van der Waals surface area contributed by atoms with Crippen LogP contribution in [0.5, 0.6) is 0 Å². The van der Waals surface area contributed by atoms with Crippen LogP contribution in [0.25, 0.3) is 0 Å². The minimum Gasteiger partial charge on any atom is -0.390 e. The number of nitrogens with zero attached hydrogens (tertiary/aromatic N) is 1. The molecule has 0 bridgehead atoms. The van der Waals surface area contributed by atoms with Gasteiger partial charge in [0.15, 0.2) is 0 Å². The maximum atomic E-state index is 9.63. The van der Waals surface area contributed by atoms with Gasteiger partial charge in [0.1, 0.15) is 0 Å². The second-order valence-electron chi connectivity index (χ2n) is 5.41. The fourth-order valence-electron chi connectivity index (χ4n) is 2.57. The third-order valence-corrected chi connectivity index (χ3v) is 3.40. The molecule has 0 aromatic heterocycles. The topological polar surface area (TPSA) is 35.5 Å². The number of likely N-dealkylation sites (N-methyl/N-ethyl adjacent to an activating group) is 1. The van der Waals surface area contributed by atoms with Gasteiger partial charge in [-0.1, -0.05) is 25.7 Å². The summed E-state index contributed by atoms with van der Waals surface area (Å²) in [7, 11) is 3.98. The van der Waals surface area contributed by atoms with E-state index in [0.717, 1.165) is 25.6 Å². The third kappa shape index (κ3) is 6.46. The van der Waals surface area contributed by atoms with Crippen LogP contribution in [0.1, 0.15) is 38.5 Å². The average Bonchev–Trinajstić information content (AvgIpc) is 2.68. The van der Waals surface area contributed by atoms with Gasteiger partial charge in [0.05, 0.1) is 6.10 Å². The van der Waals surface area contributed by atoms with E-state index in [4.69, 9.17) is 0 Å². The van der Waals surface area contributed by atoms with Crippen LogP contribution >= 0.6 is 0 Å². The van der Waals surface area contributed by atoms with Gasteiger partial charge in [0, 0.05) is 13.1 Å². The molecule has 0 aliphatic heterocycles. The highest BCUT2D eigenvalue weighted by atomic mass is 16.3. The van der Waals surface area contributed by atoms with Crippen LogP contribution in [0.4, 0.5) is 0 Å². The Labute approximate surface area is 100 Å². The van der Waals surface area contributed by atoms with Gasteiger partial charge in [-0.3, -0.25) is 0 Å². The van der Waals surface area contributed by atoms with E-state index in [-0.39, 0.29) is 6.10 Å². The molecule has 1 fully saturated rings. The Hall–Kier alpha value is -0.120. The van der Waals surface area contributed by atoms with E-state index in [2.05, 4.69) is 5.32 Å². The lowest BCUT2D eigenvalue weighted by Gasteiger charge is -2.16. The van der Waals surface area contributed by atoms with Crippen molar-refractivity contribution in [1.29, 1.82) is 0 Å². The van der Waals surface area contributed by atoms with E-state index in [9.17, 15) is 5.11 Å². The molecule has 0 spiro atoms. The summed E-state index contributed by atoms with van der Waals surface area (Å²) in [6, 6.07) is 0. The second kappa shape index (κ2) is 8.04. The smallest absolute Gasteiger partial charge is 0.0791 e. The second-order valence-corrected chi connectivity index (χ2v) is 5.41. The minimum absolute atomic E-state index is 0.235. The van der Waals surface area contributed by atoms with Crippen LogP contribution in [0.3, 0.4) is 0 Å². The molecule has 0 heterocycles. The molecule has 1 aliphatic rings. The Kier molecular flexibility index (Phi) is 7.01. The van der Waals surface area contributed by atoms with Crippen molar-refractivity contribution in [3.05, 3.63) is 0 Å². The molecule has 0 amide bonds. The predicted octanol–water partition coefficient (Wildman–Crippen LogP) is 1.47. The van der Waals surface area contributed by atoms with Gasteiger partial charge in [0.25, 0.3) is 0 Å². The highest BCUT2D eigenvalue weighted by Crippen LogP contribution is 2.28. The highest BCUT2D eigenvalue weighted by molar-refractivity contribution is 4.68. The van der Waals surface area contributed by atoms with E-state index < -0.39 is 0 Å². The van der Waals surface area contributed by atoms with E-state index in [1.165, 1.54) is 38.5 Å². The van der Waals surface area contributed by atoms with E-state index >= 15 is 0 Å². The number of hydrogen-bond donors (Lipinski definition) is 2. The molecule has 1 aliphatic carbocycles. The zero-order valence-electron chi connectivity index (χ0n) is 10.9. The van der Waals surface area contributed by atoms with Gasteiger partial charge < -0.3 is 15.3 Å². The van der Waals surface area contributed by atoms with Crippen molar-refractivity contribution in [1.82, 2.24) is 10.2 Å². The summed E-state index contributed by atoms with van der Waals surface area (Å²) in [6.45, 7) is 2.53. The maximum Gasteiger partial charge on any atom is 0.0791 e. The van der Waals surface area contributed by atoms with Crippen molar-refractivity contribution in [2.24, 2.45) is 5.92 Å². The van der Waals surface area contributed by atoms with Gasteiger partial charge in [-0.2, -0.15) is 0 Å². The number of nitrogens with one attached hydrogen (secondary N) is 1. The lowest BCUT2D eigenvalue weighted by molar-refractivity contribution is 0.135. The summed E-state index contributed by atoms with van der Waals surface area (Å²) in [5.41, 5.74) is 0. The van der Waals surface area contributed by atoms with Crippen LogP contribution in [0.2, 0.25) is 0 Å². The number of hydrogen-bond acceptors (Lipinski definition) is 3. The first-order chi connectivity index (χ1) is 7.68. The van der Waals surface area contributed by atoms with Gasteiger partial charge >= 0.3 is 0 Å². The number of rotatable bonds is 8. The zero-order valence-corrected chi connectivity index (χ0v) is 10.9. The fraction of sp³-hybridized carbons (Fsp3) is 1.00. The number of aliphatic hydroxyl groups is 1. The van der Waals surface area contributed by atoms with Crippen molar-refractivity contribution in [2.45, 2.75) is 44.6 Å². The van der Waals surface area contributed by atoms with Crippen LogP contribution < -0.4 is 5.32 Å². The molecule has 0 radical (unpaired) electrons. The summed E-state index contributed by atoms with van der Waals surface area (Å²) in [6.07, 6.45) is 8.18. The predicted molar refractivity (Wildman–Crippen MR) is 68.6 cm³/mol. The molecule has 3 nitrogen and oxygen atoms in total. The summed E-state index contributed by atoms with van der Waals surface area (Å²) >= 11 is 0. The molecule has 1 rings (SSSR count). The van der Waals surface area contributed by atoms with Crippen molar-refractivity contribution in [3.63, 3.8) is 0 Å². The lowest BCUT2D eigenvalue weighted by Crippen LogP contribution is -2.35. The Bertz CT molecular complexity index is 167.